The highest BCUT2D eigenvalue weighted by molar-refractivity contribution is 5.63. The molecule has 0 amide bonds. The molecule has 0 aromatic heterocycles. The molecule has 0 saturated heterocycles. The lowest BCUT2D eigenvalue weighted by Gasteiger charge is -2.23. The van der Waals surface area contributed by atoms with Crippen molar-refractivity contribution in [1.29, 1.82) is 0 Å². The smallest absolute Gasteiger partial charge is 0.0412 e. The first kappa shape index (κ1) is 37.3. The number of aryl methyl sites for hydroxylation is 1. The van der Waals surface area contributed by atoms with E-state index < -0.39 is 0 Å². The van der Waals surface area contributed by atoms with Crippen LogP contribution >= 0.6 is 0 Å². The van der Waals surface area contributed by atoms with E-state index in [1.165, 1.54) is 33.4 Å². The van der Waals surface area contributed by atoms with Gasteiger partial charge in [-0.2, -0.15) is 0 Å². The summed E-state index contributed by atoms with van der Waals surface area (Å²) in [6, 6.07) is 8.39. The Balaban J connectivity index is 2.63. The lowest BCUT2D eigenvalue weighted by Crippen LogP contribution is -2.13. The van der Waals surface area contributed by atoms with Gasteiger partial charge in [0.05, 0.1) is 0 Å². The van der Waals surface area contributed by atoms with Gasteiger partial charge in [0.25, 0.3) is 0 Å². The minimum atomic E-state index is 0.865. The van der Waals surface area contributed by atoms with Crippen LogP contribution in [0.4, 0.5) is 0 Å². The molecule has 1 heteroatoms. The maximum Gasteiger partial charge on any atom is 0.0412 e. The molecule has 2 rings (SSSR count). The standard InChI is InChI=1S/C45H53N/c1-10-14-16-18-26-38(8)45(44-31-22-21-30-42(44)35-36(5)6)40(12-3)32-33-43(13-4)46(39(9)27-17-15-11-2)34-24-23-29-41-28-20-19-25-37(41)7/h10-20,22-29,31-35H,5,9,21,30H2,1-4,6-8H3/b14-10+,15-11-,18-16-,27-17-,29-23-,33-32-,34-24+,38-26+,40-12+,42-35+,43-13+,45-44+. The minimum Gasteiger partial charge on any atom is -0.318 e. The number of rotatable bonds is 14. The molecule has 0 aliphatic heterocycles. The second kappa shape index (κ2) is 21.0. The quantitative estimate of drug-likeness (QED) is 0.190. The van der Waals surface area contributed by atoms with Gasteiger partial charge in [-0.05, 0) is 119 Å². The number of allylic oxidation sites excluding steroid dienone is 24. The van der Waals surface area contributed by atoms with Gasteiger partial charge in [0, 0.05) is 17.6 Å². The summed E-state index contributed by atoms with van der Waals surface area (Å²) in [6.07, 6.45) is 44.4. The van der Waals surface area contributed by atoms with Crippen molar-refractivity contribution in [1.82, 2.24) is 4.90 Å². The van der Waals surface area contributed by atoms with Crippen LogP contribution < -0.4 is 0 Å². The van der Waals surface area contributed by atoms with Crippen LogP contribution in [0.3, 0.4) is 0 Å². The zero-order valence-electron chi connectivity index (χ0n) is 29.1. The van der Waals surface area contributed by atoms with Crippen LogP contribution in [0.25, 0.3) is 6.08 Å². The first-order chi connectivity index (χ1) is 22.3. The highest BCUT2D eigenvalue weighted by atomic mass is 15.1. The van der Waals surface area contributed by atoms with Gasteiger partial charge in [0.1, 0.15) is 0 Å². The van der Waals surface area contributed by atoms with Gasteiger partial charge in [0.2, 0.25) is 0 Å². The third kappa shape index (κ3) is 12.3. The van der Waals surface area contributed by atoms with Crippen molar-refractivity contribution in [3.8, 4) is 0 Å². The molecule has 0 N–H and O–H groups in total. The Kier molecular flexibility index (Phi) is 17.0. The normalized spacial score (nSPS) is 17.5. The van der Waals surface area contributed by atoms with Gasteiger partial charge in [0.15, 0.2) is 0 Å². The van der Waals surface area contributed by atoms with Crippen LogP contribution in [0, 0.1) is 6.92 Å². The molecule has 0 radical (unpaired) electrons. The topological polar surface area (TPSA) is 3.24 Å². The van der Waals surface area contributed by atoms with E-state index in [1.54, 1.807) is 0 Å². The van der Waals surface area contributed by atoms with Crippen molar-refractivity contribution in [2.75, 3.05) is 0 Å². The molecule has 0 heterocycles. The highest BCUT2D eigenvalue weighted by Gasteiger charge is 2.16. The molecule has 46 heavy (non-hydrogen) atoms. The lowest BCUT2D eigenvalue weighted by atomic mass is 9.84. The first-order valence-electron chi connectivity index (χ1n) is 16.2. The molecule has 0 bridgehead atoms. The molecule has 1 aromatic carbocycles. The molecule has 1 aromatic rings. The van der Waals surface area contributed by atoms with Gasteiger partial charge >= 0.3 is 0 Å². The van der Waals surface area contributed by atoms with E-state index in [4.69, 9.17) is 0 Å². The maximum atomic E-state index is 4.40. The molecular formula is C45H53N. The van der Waals surface area contributed by atoms with Crippen molar-refractivity contribution in [2.45, 2.75) is 61.3 Å². The first-order valence-corrected chi connectivity index (χ1v) is 16.2. The predicted molar refractivity (Wildman–Crippen MR) is 207 cm³/mol. The lowest BCUT2D eigenvalue weighted by molar-refractivity contribution is 0.614. The van der Waals surface area contributed by atoms with Gasteiger partial charge < -0.3 is 4.90 Å². The Morgan fingerprint density at radius 1 is 0.804 bits per heavy atom. The van der Waals surface area contributed by atoms with E-state index >= 15 is 0 Å². The van der Waals surface area contributed by atoms with Crippen LogP contribution in [0.5, 0.6) is 0 Å². The summed E-state index contributed by atoms with van der Waals surface area (Å²) in [6.45, 7) is 23.2. The second-order valence-corrected chi connectivity index (χ2v) is 11.1. The fourth-order valence-electron chi connectivity index (χ4n) is 5.02. The average Bonchev–Trinajstić information content (AvgIpc) is 3.04. The largest absolute Gasteiger partial charge is 0.318 e. The van der Waals surface area contributed by atoms with Gasteiger partial charge in [-0.15, -0.1) is 0 Å². The molecule has 1 nitrogen and oxygen atoms in total. The molecule has 0 unspecified atom stereocenters. The molecule has 1 aliphatic rings. The fourth-order valence-corrected chi connectivity index (χ4v) is 5.02. The van der Waals surface area contributed by atoms with Crippen molar-refractivity contribution in [2.24, 2.45) is 0 Å². The predicted octanol–water partition coefficient (Wildman–Crippen LogP) is 13.1. The van der Waals surface area contributed by atoms with Crippen LogP contribution in [-0.2, 0) is 0 Å². The fraction of sp³-hybridized carbons (Fsp3) is 0.200. The summed E-state index contributed by atoms with van der Waals surface area (Å²) < 4.78 is 0. The Labute approximate surface area is 280 Å². The number of hydrogen-bond donors (Lipinski definition) is 0. The molecule has 0 fully saturated rings. The third-order valence-electron chi connectivity index (χ3n) is 7.38. The summed E-state index contributed by atoms with van der Waals surface area (Å²) in [4.78, 5) is 2.12. The molecular weight excluding hydrogens is 555 g/mol. The van der Waals surface area contributed by atoms with Gasteiger partial charge in [-0.3, -0.25) is 0 Å². The zero-order valence-corrected chi connectivity index (χ0v) is 29.1. The van der Waals surface area contributed by atoms with E-state index in [2.05, 4.69) is 162 Å². The Morgan fingerprint density at radius 3 is 2.22 bits per heavy atom. The Morgan fingerprint density at radius 2 is 1.54 bits per heavy atom. The molecule has 1 aliphatic carbocycles. The van der Waals surface area contributed by atoms with Crippen LogP contribution in [0.15, 0.2) is 198 Å². The average molecular weight is 608 g/mol. The Bertz CT molecular complexity index is 1610. The summed E-state index contributed by atoms with van der Waals surface area (Å²) in [5, 5.41) is 0. The summed E-state index contributed by atoms with van der Waals surface area (Å²) in [7, 11) is 0. The van der Waals surface area contributed by atoms with Gasteiger partial charge in [-0.25, -0.2) is 0 Å². The minimum absolute atomic E-state index is 0.865. The van der Waals surface area contributed by atoms with Crippen LogP contribution in [0.1, 0.15) is 65.5 Å². The third-order valence-corrected chi connectivity index (χ3v) is 7.38. The van der Waals surface area contributed by atoms with Crippen molar-refractivity contribution in [3.05, 3.63) is 209 Å². The summed E-state index contributed by atoms with van der Waals surface area (Å²) >= 11 is 0. The highest BCUT2D eigenvalue weighted by Crippen LogP contribution is 2.34. The monoisotopic (exact) mass is 607 g/mol. The Hall–Kier alpha value is -4.88. The van der Waals surface area contributed by atoms with Gasteiger partial charge in [-0.1, -0.05) is 140 Å². The van der Waals surface area contributed by atoms with Crippen molar-refractivity contribution in [3.63, 3.8) is 0 Å². The molecule has 0 atom stereocenters. The van der Waals surface area contributed by atoms with Crippen molar-refractivity contribution < 1.29 is 0 Å². The van der Waals surface area contributed by atoms with E-state index in [-0.39, 0.29) is 0 Å². The van der Waals surface area contributed by atoms with Crippen LogP contribution in [0.2, 0.25) is 0 Å². The van der Waals surface area contributed by atoms with E-state index in [0.717, 1.165) is 35.4 Å². The zero-order chi connectivity index (χ0) is 33.7. The van der Waals surface area contributed by atoms with E-state index in [0.29, 0.717) is 0 Å². The number of benzene rings is 1. The maximum absolute atomic E-state index is 4.40. The SMILES string of the molecule is C=C(C)\C=C1/CCC=C/C1=C(C(/C)=C/C=C\C=C\C)\C(\C=C/C(=C\C)N(/C=C/C=C\c1ccccc1C)C(=C)/C=C\C=C/C)=C\C. The second-order valence-electron chi connectivity index (χ2n) is 11.1. The molecule has 238 valence electrons. The van der Waals surface area contributed by atoms with E-state index in [1.807, 2.05) is 50.3 Å². The number of nitrogens with zero attached hydrogens (tertiary/aromatic N) is 1. The molecule has 0 saturated carbocycles. The summed E-state index contributed by atoms with van der Waals surface area (Å²) in [5.74, 6) is 0. The number of hydrogen-bond acceptors (Lipinski definition) is 1. The summed E-state index contributed by atoms with van der Waals surface area (Å²) in [5.41, 5.74) is 11.5. The molecule has 0 spiro atoms. The van der Waals surface area contributed by atoms with Crippen LogP contribution in [-0.4, -0.2) is 4.90 Å². The van der Waals surface area contributed by atoms with Crippen molar-refractivity contribution >= 4 is 6.08 Å². The van der Waals surface area contributed by atoms with E-state index in [9.17, 15) is 0 Å².